The molecule has 1 aromatic heterocycles. The molecule has 0 spiro atoms. The van der Waals surface area contributed by atoms with Gasteiger partial charge in [0.05, 0.1) is 5.56 Å². The molecule has 4 nitrogen and oxygen atoms in total. The van der Waals surface area contributed by atoms with Crippen molar-refractivity contribution in [2.75, 3.05) is 5.32 Å². The predicted molar refractivity (Wildman–Crippen MR) is 95.5 cm³/mol. The minimum atomic E-state index is -4.71. The van der Waals surface area contributed by atoms with E-state index in [0.717, 1.165) is 22.9 Å². The Morgan fingerprint density at radius 2 is 1.96 bits per heavy atom. The molecule has 0 aliphatic rings. The van der Waals surface area contributed by atoms with Crippen molar-refractivity contribution in [3.63, 3.8) is 0 Å². The Bertz CT molecular complexity index is 799. The van der Waals surface area contributed by atoms with Gasteiger partial charge in [-0.25, -0.2) is 0 Å². The van der Waals surface area contributed by atoms with E-state index in [1.54, 1.807) is 18.2 Å². The van der Waals surface area contributed by atoms with Crippen LogP contribution >= 0.6 is 11.6 Å². The van der Waals surface area contributed by atoms with Crippen LogP contribution in [-0.4, -0.2) is 15.7 Å². The fourth-order valence-corrected chi connectivity index (χ4v) is 3.12. The fourth-order valence-electron chi connectivity index (χ4n) is 2.94. The number of hydrogen-bond acceptors (Lipinski definition) is 2. The molecule has 0 radical (unpaired) electrons. The molecule has 0 saturated heterocycles. The van der Waals surface area contributed by atoms with Crippen LogP contribution in [0.1, 0.15) is 54.7 Å². The summed E-state index contributed by atoms with van der Waals surface area (Å²) >= 11 is 6.06. The van der Waals surface area contributed by atoms with Gasteiger partial charge in [-0.15, -0.1) is 0 Å². The summed E-state index contributed by atoms with van der Waals surface area (Å²) in [6.45, 7) is 6.14. The Balaban J connectivity index is 2.36. The second-order valence-corrected chi connectivity index (χ2v) is 7.22. The minimum Gasteiger partial charge on any atom is -0.322 e. The lowest BCUT2D eigenvalue weighted by molar-refractivity contribution is -0.141. The average Bonchev–Trinajstić information content (AvgIpc) is 2.90. The quantitative estimate of drug-likeness (QED) is 0.736. The first kappa shape index (κ1) is 20.3. The monoisotopic (exact) mass is 387 g/mol. The molecular formula is C18H21ClF3N3O. The van der Waals surface area contributed by atoms with E-state index in [1.807, 2.05) is 6.92 Å². The van der Waals surface area contributed by atoms with Crippen LogP contribution in [0.3, 0.4) is 0 Å². The van der Waals surface area contributed by atoms with Crippen LogP contribution in [0.15, 0.2) is 24.4 Å². The summed E-state index contributed by atoms with van der Waals surface area (Å²) in [5.74, 6) is -0.353. The molecule has 0 aliphatic carbocycles. The molecule has 1 amide bonds. The van der Waals surface area contributed by atoms with Crippen LogP contribution in [0, 0.1) is 5.92 Å². The predicted octanol–water partition coefficient (Wildman–Crippen LogP) is 5.49. The number of aromatic nitrogens is 2. The van der Waals surface area contributed by atoms with Gasteiger partial charge >= 0.3 is 6.18 Å². The zero-order valence-electron chi connectivity index (χ0n) is 15.0. The molecule has 1 unspecified atom stereocenters. The van der Waals surface area contributed by atoms with Crippen molar-refractivity contribution >= 4 is 23.2 Å². The average molecular weight is 388 g/mol. The van der Waals surface area contributed by atoms with E-state index < -0.39 is 23.3 Å². The van der Waals surface area contributed by atoms with Crippen LogP contribution in [0.4, 0.5) is 18.9 Å². The highest BCUT2D eigenvalue weighted by molar-refractivity contribution is 6.30. The summed E-state index contributed by atoms with van der Waals surface area (Å²) in [6, 6.07) is 4.94. The number of alkyl halides is 3. The van der Waals surface area contributed by atoms with E-state index >= 15 is 0 Å². The van der Waals surface area contributed by atoms with E-state index in [4.69, 9.17) is 11.6 Å². The van der Waals surface area contributed by atoms with Crippen LogP contribution in [-0.2, 0) is 13.2 Å². The molecule has 1 heterocycles. The van der Waals surface area contributed by atoms with Crippen LogP contribution in [0.5, 0.6) is 0 Å². The lowest BCUT2D eigenvalue weighted by Crippen LogP contribution is -2.19. The smallest absolute Gasteiger partial charge is 0.322 e. The Kier molecular flexibility index (Phi) is 6.01. The molecule has 1 aromatic carbocycles. The fraction of sp³-hybridized carbons (Fsp3) is 0.444. The Labute approximate surface area is 155 Å². The summed E-state index contributed by atoms with van der Waals surface area (Å²) in [7, 11) is 1.34. The van der Waals surface area contributed by atoms with Crippen LogP contribution < -0.4 is 5.32 Å². The van der Waals surface area contributed by atoms with Gasteiger partial charge in [0.1, 0.15) is 0 Å². The van der Waals surface area contributed by atoms with Crippen molar-refractivity contribution in [1.82, 2.24) is 9.78 Å². The highest BCUT2D eigenvalue weighted by Gasteiger charge is 2.39. The van der Waals surface area contributed by atoms with E-state index in [1.165, 1.54) is 7.05 Å². The normalized spacial score (nSPS) is 13.1. The number of carbonyl (C=O) groups excluding carboxylic acids is 1. The number of amides is 1. The summed E-state index contributed by atoms with van der Waals surface area (Å²) in [5.41, 5.74) is -0.484. The number of hydrogen-bond donors (Lipinski definition) is 1. The van der Waals surface area contributed by atoms with Crippen molar-refractivity contribution in [2.45, 2.75) is 39.3 Å². The SMILES string of the molecule is CC(C)CC(C)c1cc(Cl)ccc1NC(=O)c1cn(C)nc1C(F)(F)F. The van der Waals surface area contributed by atoms with E-state index in [0.29, 0.717) is 16.6 Å². The van der Waals surface area contributed by atoms with Gasteiger partial charge in [-0.3, -0.25) is 9.48 Å². The maximum atomic E-state index is 13.1. The van der Waals surface area contributed by atoms with Gasteiger partial charge in [0.15, 0.2) is 5.69 Å². The Morgan fingerprint density at radius 1 is 1.31 bits per heavy atom. The van der Waals surface area contributed by atoms with Crippen LogP contribution in [0.2, 0.25) is 5.02 Å². The second-order valence-electron chi connectivity index (χ2n) is 6.78. The largest absolute Gasteiger partial charge is 0.435 e. The first-order chi connectivity index (χ1) is 12.0. The highest BCUT2D eigenvalue weighted by Crippen LogP contribution is 2.34. The van der Waals surface area contributed by atoms with Gasteiger partial charge in [-0.1, -0.05) is 32.4 Å². The summed E-state index contributed by atoms with van der Waals surface area (Å²) in [6.07, 6.45) is -2.79. The number of carbonyl (C=O) groups is 1. The number of rotatable bonds is 5. The van der Waals surface area contributed by atoms with Gasteiger partial charge in [-0.2, -0.15) is 18.3 Å². The number of anilines is 1. The van der Waals surface area contributed by atoms with Gasteiger partial charge < -0.3 is 5.32 Å². The van der Waals surface area contributed by atoms with E-state index in [9.17, 15) is 18.0 Å². The van der Waals surface area contributed by atoms with Crippen molar-refractivity contribution in [3.8, 4) is 0 Å². The topological polar surface area (TPSA) is 46.9 Å². The number of aryl methyl sites for hydroxylation is 1. The van der Waals surface area contributed by atoms with Gasteiger partial charge in [-0.05, 0) is 42.0 Å². The van der Waals surface area contributed by atoms with Gasteiger partial charge in [0, 0.05) is 24.0 Å². The molecule has 2 rings (SSSR count). The molecule has 1 N–H and O–H groups in total. The lowest BCUT2D eigenvalue weighted by atomic mass is 9.91. The molecule has 1 atom stereocenters. The minimum absolute atomic E-state index is 0.0833. The van der Waals surface area contributed by atoms with E-state index in [2.05, 4.69) is 24.3 Å². The lowest BCUT2D eigenvalue weighted by Gasteiger charge is -2.19. The van der Waals surface area contributed by atoms with Crippen molar-refractivity contribution in [2.24, 2.45) is 13.0 Å². The summed E-state index contributed by atoms with van der Waals surface area (Å²) < 4.78 is 40.2. The Hall–Kier alpha value is -2.02. The molecule has 26 heavy (non-hydrogen) atoms. The first-order valence-electron chi connectivity index (χ1n) is 8.20. The number of nitrogens with one attached hydrogen (secondary N) is 1. The zero-order chi connectivity index (χ0) is 19.6. The number of halogens is 4. The zero-order valence-corrected chi connectivity index (χ0v) is 15.7. The maximum Gasteiger partial charge on any atom is 0.435 e. The van der Waals surface area contributed by atoms with Gasteiger partial charge in [0.25, 0.3) is 5.91 Å². The van der Waals surface area contributed by atoms with Crippen molar-refractivity contribution in [3.05, 3.63) is 46.2 Å². The summed E-state index contributed by atoms with van der Waals surface area (Å²) in [5, 5.41) is 6.45. The molecule has 8 heteroatoms. The molecule has 142 valence electrons. The maximum absolute atomic E-state index is 13.1. The summed E-state index contributed by atoms with van der Waals surface area (Å²) in [4.78, 5) is 12.5. The molecule has 0 bridgehead atoms. The molecule has 2 aromatic rings. The highest BCUT2D eigenvalue weighted by atomic mass is 35.5. The van der Waals surface area contributed by atoms with E-state index in [-0.39, 0.29) is 5.92 Å². The third kappa shape index (κ3) is 4.78. The third-order valence-corrected chi connectivity index (χ3v) is 4.19. The van der Waals surface area contributed by atoms with Crippen LogP contribution in [0.25, 0.3) is 0 Å². The number of benzene rings is 1. The van der Waals surface area contributed by atoms with Gasteiger partial charge in [0.2, 0.25) is 0 Å². The standard InChI is InChI=1S/C18H21ClF3N3O/c1-10(2)7-11(3)13-8-12(19)5-6-15(13)23-17(26)14-9-25(4)24-16(14)18(20,21)22/h5-6,8-11H,7H2,1-4H3,(H,23,26). The van der Waals surface area contributed by atoms with Crippen molar-refractivity contribution < 1.29 is 18.0 Å². The molecular weight excluding hydrogens is 367 g/mol. The third-order valence-electron chi connectivity index (χ3n) is 3.96. The molecule has 0 aliphatic heterocycles. The molecule has 0 saturated carbocycles. The first-order valence-corrected chi connectivity index (χ1v) is 8.58. The Morgan fingerprint density at radius 3 is 2.54 bits per heavy atom. The molecule has 0 fully saturated rings. The van der Waals surface area contributed by atoms with Crippen molar-refractivity contribution in [1.29, 1.82) is 0 Å². The number of nitrogens with zero attached hydrogens (tertiary/aromatic N) is 2. The second kappa shape index (κ2) is 7.70.